The Morgan fingerprint density at radius 2 is 1.96 bits per heavy atom. The van der Waals surface area contributed by atoms with Gasteiger partial charge in [-0.2, -0.15) is 11.8 Å². The Bertz CT molecular complexity index is 516. The molecule has 1 aliphatic rings. The number of carbonyl (C=O) groups excluding carboxylic acids is 1. The number of amides is 1. The van der Waals surface area contributed by atoms with Crippen LogP contribution in [0.5, 0.6) is 0 Å². The Morgan fingerprint density at radius 1 is 1.25 bits per heavy atom. The summed E-state index contributed by atoms with van der Waals surface area (Å²) in [6.07, 6.45) is 5.00. The molecule has 0 bridgehead atoms. The molecular formula is C18H26ClNO2S2. The highest BCUT2D eigenvalue weighted by atomic mass is 35.5. The van der Waals surface area contributed by atoms with Crippen molar-refractivity contribution in [3.05, 3.63) is 34.9 Å². The van der Waals surface area contributed by atoms with Gasteiger partial charge in [0.15, 0.2) is 0 Å². The van der Waals surface area contributed by atoms with Crippen molar-refractivity contribution in [3.63, 3.8) is 0 Å². The minimum atomic E-state index is 0.109. The maximum atomic E-state index is 11.9. The second-order valence-corrected chi connectivity index (χ2v) is 8.78. The number of nitrogens with one attached hydrogen (secondary N) is 1. The van der Waals surface area contributed by atoms with E-state index in [1.807, 2.05) is 30.0 Å². The molecular weight excluding hydrogens is 362 g/mol. The number of benzene rings is 1. The number of carbonyl (C=O) groups is 1. The predicted octanol–water partition coefficient (Wildman–Crippen LogP) is 4.38. The van der Waals surface area contributed by atoms with Crippen molar-refractivity contribution in [2.24, 2.45) is 0 Å². The number of ether oxygens (including phenoxy) is 1. The Morgan fingerprint density at radius 3 is 2.67 bits per heavy atom. The van der Waals surface area contributed by atoms with Gasteiger partial charge in [0.25, 0.3) is 0 Å². The zero-order valence-electron chi connectivity index (χ0n) is 14.1. The zero-order chi connectivity index (χ0) is 17.2. The number of hydrogen-bond acceptors (Lipinski definition) is 4. The van der Waals surface area contributed by atoms with Gasteiger partial charge in [0.2, 0.25) is 5.91 Å². The van der Waals surface area contributed by atoms with E-state index in [2.05, 4.69) is 11.4 Å². The minimum absolute atomic E-state index is 0.109. The molecule has 24 heavy (non-hydrogen) atoms. The van der Waals surface area contributed by atoms with E-state index in [1.165, 1.54) is 31.2 Å². The van der Waals surface area contributed by atoms with Gasteiger partial charge in [-0.05, 0) is 24.5 Å². The molecule has 0 radical (unpaired) electrons. The molecule has 2 rings (SSSR count). The van der Waals surface area contributed by atoms with Crippen molar-refractivity contribution in [2.75, 3.05) is 26.0 Å². The van der Waals surface area contributed by atoms with Gasteiger partial charge >= 0.3 is 0 Å². The van der Waals surface area contributed by atoms with E-state index in [9.17, 15) is 4.79 Å². The lowest BCUT2D eigenvalue weighted by atomic mass is 10.00. The van der Waals surface area contributed by atoms with Crippen molar-refractivity contribution >= 4 is 41.0 Å². The average molecular weight is 388 g/mol. The van der Waals surface area contributed by atoms with E-state index in [0.29, 0.717) is 29.4 Å². The fraction of sp³-hybridized carbons (Fsp3) is 0.611. The molecule has 0 spiro atoms. The maximum Gasteiger partial charge on any atom is 0.230 e. The minimum Gasteiger partial charge on any atom is -0.383 e. The summed E-state index contributed by atoms with van der Waals surface area (Å²) in [5.74, 6) is 1.59. The van der Waals surface area contributed by atoms with Gasteiger partial charge in [0.05, 0.1) is 12.4 Å². The van der Waals surface area contributed by atoms with Crippen LogP contribution in [0.4, 0.5) is 0 Å². The molecule has 1 aromatic rings. The first-order valence-corrected chi connectivity index (χ1v) is 10.9. The number of hydrogen-bond donors (Lipinski definition) is 1. The highest BCUT2D eigenvalue weighted by Gasteiger charge is 2.26. The summed E-state index contributed by atoms with van der Waals surface area (Å²) < 4.78 is 4.95. The monoisotopic (exact) mass is 387 g/mol. The fourth-order valence-corrected chi connectivity index (χ4v) is 6.02. The summed E-state index contributed by atoms with van der Waals surface area (Å²) in [6, 6.07) is 8.07. The molecule has 1 N–H and O–H groups in total. The molecule has 0 aliphatic heterocycles. The highest BCUT2D eigenvalue weighted by molar-refractivity contribution is 8.03. The molecule has 134 valence electrons. The molecule has 3 nitrogen and oxygen atoms in total. The van der Waals surface area contributed by atoms with Crippen LogP contribution < -0.4 is 5.32 Å². The lowest BCUT2D eigenvalue weighted by Gasteiger charge is -2.30. The van der Waals surface area contributed by atoms with Gasteiger partial charge in [0.1, 0.15) is 0 Å². The van der Waals surface area contributed by atoms with E-state index in [-0.39, 0.29) is 5.91 Å². The van der Waals surface area contributed by atoms with E-state index in [0.717, 1.165) is 10.8 Å². The molecule has 1 fully saturated rings. The normalized spacial score (nSPS) is 20.8. The van der Waals surface area contributed by atoms with Crippen LogP contribution in [0.25, 0.3) is 0 Å². The molecule has 0 heterocycles. The first-order valence-electron chi connectivity index (χ1n) is 8.43. The standard InChI is InChI=1S/C18H26ClNO2S2/c1-22-11-10-20-18(21)13-24-17-9-5-4-8-16(17)23-12-14-6-2-3-7-15(14)19/h2-3,6-7,16-17H,4-5,8-13H2,1H3,(H,20,21)/t16-,17-/m1/s1. The van der Waals surface area contributed by atoms with Crippen LogP contribution in [0, 0.1) is 0 Å². The van der Waals surface area contributed by atoms with Crippen molar-refractivity contribution < 1.29 is 9.53 Å². The zero-order valence-corrected chi connectivity index (χ0v) is 16.5. The van der Waals surface area contributed by atoms with Crippen LogP contribution in [0.2, 0.25) is 5.02 Å². The van der Waals surface area contributed by atoms with Gasteiger partial charge in [-0.3, -0.25) is 4.79 Å². The second kappa shape index (κ2) is 11.3. The van der Waals surface area contributed by atoms with Crippen molar-refractivity contribution in [3.8, 4) is 0 Å². The first kappa shape index (κ1) is 20.0. The lowest BCUT2D eigenvalue weighted by Crippen LogP contribution is -2.31. The first-order chi connectivity index (χ1) is 11.7. The number of rotatable bonds is 9. The van der Waals surface area contributed by atoms with Crippen LogP contribution in [0.1, 0.15) is 31.2 Å². The summed E-state index contributed by atoms with van der Waals surface area (Å²) >= 11 is 10.1. The smallest absolute Gasteiger partial charge is 0.230 e. The molecule has 0 unspecified atom stereocenters. The van der Waals surface area contributed by atoms with Crippen LogP contribution in [0.15, 0.2) is 24.3 Å². The van der Waals surface area contributed by atoms with E-state index in [4.69, 9.17) is 16.3 Å². The SMILES string of the molecule is COCCNC(=O)CS[C@@H]1CCCC[C@H]1SCc1ccccc1Cl. The predicted molar refractivity (Wildman–Crippen MR) is 106 cm³/mol. The molecule has 1 saturated carbocycles. The third-order valence-electron chi connectivity index (χ3n) is 4.11. The number of methoxy groups -OCH3 is 1. The van der Waals surface area contributed by atoms with Crippen molar-refractivity contribution in [2.45, 2.75) is 41.9 Å². The summed E-state index contributed by atoms with van der Waals surface area (Å²) in [4.78, 5) is 11.9. The molecule has 1 amide bonds. The summed E-state index contributed by atoms with van der Waals surface area (Å²) in [5, 5.41) is 4.90. The van der Waals surface area contributed by atoms with Gasteiger partial charge in [0, 0.05) is 34.9 Å². The Hall–Kier alpha value is -0.360. The third kappa shape index (κ3) is 6.87. The number of halogens is 1. The van der Waals surface area contributed by atoms with Gasteiger partial charge in [-0.1, -0.05) is 42.6 Å². The summed E-state index contributed by atoms with van der Waals surface area (Å²) in [5.41, 5.74) is 1.20. The summed E-state index contributed by atoms with van der Waals surface area (Å²) in [6.45, 7) is 1.15. The molecule has 0 aromatic heterocycles. The quantitative estimate of drug-likeness (QED) is 0.638. The summed E-state index contributed by atoms with van der Waals surface area (Å²) in [7, 11) is 1.64. The lowest BCUT2D eigenvalue weighted by molar-refractivity contribution is -0.118. The van der Waals surface area contributed by atoms with Crippen LogP contribution in [-0.4, -0.2) is 42.4 Å². The third-order valence-corrected chi connectivity index (χ3v) is 7.54. The fourth-order valence-electron chi connectivity index (χ4n) is 2.78. The average Bonchev–Trinajstić information content (AvgIpc) is 2.60. The Balaban J connectivity index is 1.77. The van der Waals surface area contributed by atoms with Gasteiger partial charge in [-0.25, -0.2) is 0 Å². The van der Waals surface area contributed by atoms with Crippen LogP contribution in [-0.2, 0) is 15.3 Å². The van der Waals surface area contributed by atoms with Crippen molar-refractivity contribution in [1.82, 2.24) is 5.32 Å². The Kier molecular flexibility index (Phi) is 9.39. The Labute approximate surface area is 158 Å². The van der Waals surface area contributed by atoms with Crippen LogP contribution >= 0.6 is 35.1 Å². The van der Waals surface area contributed by atoms with E-state index in [1.54, 1.807) is 18.9 Å². The molecule has 6 heteroatoms. The molecule has 1 aliphatic carbocycles. The van der Waals surface area contributed by atoms with E-state index >= 15 is 0 Å². The van der Waals surface area contributed by atoms with Gasteiger partial charge in [-0.15, -0.1) is 11.8 Å². The van der Waals surface area contributed by atoms with E-state index < -0.39 is 0 Å². The molecule has 2 atom stereocenters. The van der Waals surface area contributed by atoms with Crippen LogP contribution in [0.3, 0.4) is 0 Å². The number of thioether (sulfide) groups is 2. The topological polar surface area (TPSA) is 38.3 Å². The molecule has 0 saturated heterocycles. The van der Waals surface area contributed by atoms with Crippen molar-refractivity contribution in [1.29, 1.82) is 0 Å². The maximum absolute atomic E-state index is 11.9. The second-order valence-electron chi connectivity index (χ2n) is 5.92. The van der Waals surface area contributed by atoms with Gasteiger partial charge < -0.3 is 10.1 Å². The molecule has 1 aromatic carbocycles. The highest BCUT2D eigenvalue weighted by Crippen LogP contribution is 2.38. The largest absolute Gasteiger partial charge is 0.383 e.